The molecule has 0 saturated carbocycles. The van der Waals surface area contributed by atoms with Crippen molar-refractivity contribution in [3.8, 4) is 17.4 Å². The number of para-hydroxylation sites is 1. The number of aromatic nitrogens is 3. The Kier molecular flexibility index (Phi) is 3.18. The summed E-state index contributed by atoms with van der Waals surface area (Å²) in [6.45, 7) is 0. The van der Waals surface area contributed by atoms with E-state index in [9.17, 15) is 20.0 Å². The molecule has 0 radical (unpaired) electrons. The maximum absolute atomic E-state index is 12.5. The first-order chi connectivity index (χ1) is 10.6. The van der Waals surface area contributed by atoms with E-state index in [0.717, 1.165) is 15.3 Å². The second-order valence-corrected chi connectivity index (χ2v) is 4.41. The van der Waals surface area contributed by atoms with Crippen molar-refractivity contribution in [1.82, 2.24) is 14.1 Å². The van der Waals surface area contributed by atoms with Crippen LogP contribution in [0.15, 0.2) is 59.7 Å². The average molecular weight is 298 g/mol. The third kappa shape index (κ3) is 2.12. The van der Waals surface area contributed by atoms with Crippen molar-refractivity contribution < 1.29 is 10.0 Å². The Morgan fingerprint density at radius 2 is 1.86 bits per heavy atom. The predicted molar refractivity (Wildman–Crippen MR) is 77.5 cm³/mol. The summed E-state index contributed by atoms with van der Waals surface area (Å²) in [5.41, 5.74) is -0.525. The lowest BCUT2D eigenvalue weighted by molar-refractivity contribution is -0.384. The standard InChI is InChI=1S/C14H10N4O4/c19-12-9-16(13-11(18(21)22)7-4-8-15-13)14(20)17(12)10-5-2-1-3-6-10/h1-9,19H. The van der Waals surface area contributed by atoms with Gasteiger partial charge in [0.2, 0.25) is 11.7 Å². The van der Waals surface area contributed by atoms with Crippen molar-refractivity contribution in [2.75, 3.05) is 0 Å². The van der Waals surface area contributed by atoms with Crippen LogP contribution in [-0.4, -0.2) is 24.1 Å². The normalized spacial score (nSPS) is 10.5. The lowest BCUT2D eigenvalue weighted by Crippen LogP contribution is -2.23. The number of aromatic hydroxyl groups is 1. The SMILES string of the molecule is O=c1n(-c2ncccc2[N+](=O)[O-])cc(O)n1-c1ccccc1. The van der Waals surface area contributed by atoms with Gasteiger partial charge in [-0.1, -0.05) is 18.2 Å². The van der Waals surface area contributed by atoms with E-state index < -0.39 is 10.6 Å². The van der Waals surface area contributed by atoms with Crippen molar-refractivity contribution in [3.05, 3.63) is 75.5 Å². The number of imidazole rings is 1. The molecule has 0 amide bonds. The van der Waals surface area contributed by atoms with Crippen LogP contribution in [0, 0.1) is 10.1 Å². The van der Waals surface area contributed by atoms with Gasteiger partial charge in [0.05, 0.1) is 16.8 Å². The average Bonchev–Trinajstić information content (AvgIpc) is 2.83. The van der Waals surface area contributed by atoms with Crippen LogP contribution in [0.4, 0.5) is 5.69 Å². The Morgan fingerprint density at radius 3 is 2.55 bits per heavy atom. The van der Waals surface area contributed by atoms with Gasteiger partial charge in [0.15, 0.2) is 0 Å². The minimum absolute atomic E-state index is 0.150. The maximum Gasteiger partial charge on any atom is 0.341 e. The van der Waals surface area contributed by atoms with Gasteiger partial charge >= 0.3 is 11.4 Å². The van der Waals surface area contributed by atoms with Gasteiger partial charge in [-0.05, 0) is 18.2 Å². The molecule has 1 aromatic carbocycles. The van der Waals surface area contributed by atoms with Crippen LogP contribution in [-0.2, 0) is 0 Å². The molecule has 1 N–H and O–H groups in total. The van der Waals surface area contributed by atoms with Crippen LogP contribution in [0.3, 0.4) is 0 Å². The second-order valence-electron chi connectivity index (χ2n) is 4.41. The Hall–Kier alpha value is -3.42. The van der Waals surface area contributed by atoms with Crippen LogP contribution in [0.1, 0.15) is 0 Å². The maximum atomic E-state index is 12.5. The zero-order valence-electron chi connectivity index (χ0n) is 11.2. The fraction of sp³-hybridized carbons (Fsp3) is 0. The van der Waals surface area contributed by atoms with Gasteiger partial charge < -0.3 is 5.11 Å². The van der Waals surface area contributed by atoms with Gasteiger partial charge in [0.25, 0.3) is 0 Å². The van der Waals surface area contributed by atoms with Crippen molar-refractivity contribution in [2.45, 2.75) is 0 Å². The molecule has 110 valence electrons. The molecule has 0 atom stereocenters. The van der Waals surface area contributed by atoms with Crippen LogP contribution < -0.4 is 5.69 Å². The van der Waals surface area contributed by atoms with Gasteiger partial charge in [0.1, 0.15) is 0 Å². The molecule has 2 aromatic heterocycles. The summed E-state index contributed by atoms with van der Waals surface area (Å²) in [6, 6.07) is 11.1. The van der Waals surface area contributed by atoms with Crippen molar-refractivity contribution in [3.63, 3.8) is 0 Å². The number of nitro groups is 1. The molecular weight excluding hydrogens is 288 g/mol. The minimum atomic E-state index is -0.648. The highest BCUT2D eigenvalue weighted by atomic mass is 16.6. The van der Waals surface area contributed by atoms with E-state index in [0.29, 0.717) is 5.69 Å². The zero-order chi connectivity index (χ0) is 15.7. The Morgan fingerprint density at radius 1 is 1.14 bits per heavy atom. The van der Waals surface area contributed by atoms with E-state index in [1.54, 1.807) is 30.3 Å². The molecule has 2 heterocycles. The van der Waals surface area contributed by atoms with Gasteiger partial charge in [-0.25, -0.2) is 18.9 Å². The number of pyridine rings is 1. The molecule has 0 aliphatic heterocycles. The lowest BCUT2D eigenvalue weighted by atomic mass is 10.3. The van der Waals surface area contributed by atoms with Crippen molar-refractivity contribution >= 4 is 5.69 Å². The highest BCUT2D eigenvalue weighted by Crippen LogP contribution is 2.21. The molecule has 8 nitrogen and oxygen atoms in total. The topological polar surface area (TPSA) is 103 Å². The quantitative estimate of drug-likeness (QED) is 0.584. The predicted octanol–water partition coefficient (Wildman–Crippen LogP) is 1.64. The lowest BCUT2D eigenvalue weighted by Gasteiger charge is -2.02. The van der Waals surface area contributed by atoms with Gasteiger partial charge in [-0.2, -0.15) is 0 Å². The van der Waals surface area contributed by atoms with Crippen molar-refractivity contribution in [2.24, 2.45) is 0 Å². The fourth-order valence-corrected chi connectivity index (χ4v) is 2.12. The van der Waals surface area contributed by atoms with Crippen LogP contribution in [0.25, 0.3) is 11.5 Å². The third-order valence-electron chi connectivity index (χ3n) is 3.08. The molecule has 0 unspecified atom stereocenters. The Balaban J connectivity index is 2.24. The minimum Gasteiger partial charge on any atom is -0.493 e. The summed E-state index contributed by atoms with van der Waals surface area (Å²) in [5, 5.41) is 21.0. The molecule has 3 aromatic rings. The fourth-order valence-electron chi connectivity index (χ4n) is 2.12. The first-order valence-electron chi connectivity index (χ1n) is 6.28. The summed E-state index contributed by atoms with van der Waals surface area (Å²) >= 11 is 0. The first-order valence-corrected chi connectivity index (χ1v) is 6.28. The summed E-state index contributed by atoms with van der Waals surface area (Å²) in [6.07, 6.45) is 2.44. The van der Waals surface area contributed by atoms with Crippen LogP contribution in [0.5, 0.6) is 5.88 Å². The molecule has 0 bridgehead atoms. The van der Waals surface area contributed by atoms with Gasteiger partial charge in [0, 0.05) is 12.3 Å². The third-order valence-corrected chi connectivity index (χ3v) is 3.08. The summed E-state index contributed by atoms with van der Waals surface area (Å²) in [5.74, 6) is -0.487. The Labute approximate surface area is 123 Å². The van der Waals surface area contributed by atoms with E-state index in [2.05, 4.69) is 4.98 Å². The molecule has 0 aliphatic rings. The van der Waals surface area contributed by atoms with Crippen LogP contribution >= 0.6 is 0 Å². The molecule has 22 heavy (non-hydrogen) atoms. The number of nitrogens with zero attached hydrogens (tertiary/aromatic N) is 4. The smallest absolute Gasteiger partial charge is 0.341 e. The molecule has 0 spiro atoms. The number of rotatable bonds is 3. The van der Waals surface area contributed by atoms with E-state index >= 15 is 0 Å². The summed E-state index contributed by atoms with van der Waals surface area (Å²) in [7, 11) is 0. The highest BCUT2D eigenvalue weighted by Gasteiger charge is 2.21. The molecule has 0 fully saturated rings. The molecule has 0 aliphatic carbocycles. The van der Waals surface area contributed by atoms with E-state index in [1.165, 1.54) is 18.3 Å². The highest BCUT2D eigenvalue weighted by molar-refractivity contribution is 5.47. The van der Waals surface area contributed by atoms with Crippen molar-refractivity contribution in [1.29, 1.82) is 0 Å². The zero-order valence-corrected chi connectivity index (χ0v) is 11.2. The monoisotopic (exact) mass is 298 g/mol. The Bertz CT molecular complexity index is 899. The van der Waals surface area contributed by atoms with Gasteiger partial charge in [-0.3, -0.25) is 10.1 Å². The number of hydrogen-bond donors (Lipinski definition) is 1. The molecule has 3 rings (SSSR count). The summed E-state index contributed by atoms with van der Waals surface area (Å²) in [4.78, 5) is 26.8. The first kappa shape index (κ1) is 13.6. The van der Waals surface area contributed by atoms with E-state index in [4.69, 9.17) is 0 Å². The molecule has 8 heteroatoms. The largest absolute Gasteiger partial charge is 0.493 e. The van der Waals surface area contributed by atoms with Crippen LogP contribution in [0.2, 0.25) is 0 Å². The molecule has 0 saturated heterocycles. The van der Waals surface area contributed by atoms with Gasteiger partial charge in [-0.15, -0.1) is 0 Å². The number of benzene rings is 1. The summed E-state index contributed by atoms with van der Waals surface area (Å²) < 4.78 is 1.98. The molecular formula is C14H10N4O4. The second kappa shape index (κ2) is 5.17. The number of hydrogen-bond acceptors (Lipinski definition) is 5. The van der Waals surface area contributed by atoms with E-state index in [1.807, 2.05) is 0 Å². The van der Waals surface area contributed by atoms with E-state index in [-0.39, 0.29) is 17.4 Å².